The minimum absolute atomic E-state index is 0.0316. The Labute approximate surface area is 85.3 Å². The lowest BCUT2D eigenvalue weighted by Gasteiger charge is -2.16. The van der Waals surface area contributed by atoms with Crippen LogP contribution in [0.2, 0.25) is 0 Å². The Hall–Kier alpha value is -0.810. The van der Waals surface area contributed by atoms with Crippen LogP contribution in [0, 0.1) is 5.92 Å². The van der Waals surface area contributed by atoms with Crippen LogP contribution in [0.3, 0.4) is 0 Å². The van der Waals surface area contributed by atoms with E-state index >= 15 is 0 Å². The molecule has 0 aliphatic heterocycles. The highest BCUT2D eigenvalue weighted by molar-refractivity contribution is 5.82. The van der Waals surface area contributed by atoms with Crippen molar-refractivity contribution in [1.29, 1.82) is 0 Å². The Morgan fingerprint density at radius 1 is 1.57 bits per heavy atom. The van der Waals surface area contributed by atoms with Gasteiger partial charge in [0, 0.05) is 25.1 Å². The molecule has 2 unspecified atom stereocenters. The molecule has 5 heteroatoms. The Balaban J connectivity index is 3.60. The second-order valence-electron chi connectivity index (χ2n) is 3.39. The molecule has 0 saturated heterocycles. The van der Waals surface area contributed by atoms with Gasteiger partial charge in [0.1, 0.15) is 5.84 Å². The zero-order valence-electron chi connectivity index (χ0n) is 9.16. The Morgan fingerprint density at radius 2 is 2.21 bits per heavy atom. The highest BCUT2D eigenvalue weighted by atomic mass is 16.5. The lowest BCUT2D eigenvalue weighted by atomic mass is 10.1. The molecule has 0 radical (unpaired) electrons. The van der Waals surface area contributed by atoms with Crippen molar-refractivity contribution in [1.82, 2.24) is 5.32 Å². The normalized spacial score (nSPS) is 16.6. The molecule has 84 valence electrons. The van der Waals surface area contributed by atoms with Gasteiger partial charge in [0.05, 0.1) is 6.61 Å². The summed E-state index contributed by atoms with van der Waals surface area (Å²) in [5, 5.41) is 14.6. The third-order valence-electron chi connectivity index (χ3n) is 1.96. The second kappa shape index (κ2) is 7.58. The van der Waals surface area contributed by atoms with Crippen LogP contribution in [-0.2, 0) is 4.74 Å². The number of hydrogen-bond donors (Lipinski definition) is 3. The average molecular weight is 203 g/mol. The van der Waals surface area contributed by atoms with Crippen LogP contribution < -0.4 is 11.1 Å². The summed E-state index contributed by atoms with van der Waals surface area (Å²) in [6, 6.07) is 0.281. The molecule has 0 aromatic heterocycles. The first-order valence-corrected chi connectivity index (χ1v) is 4.90. The number of ether oxygens (including phenoxy) is 1. The fraction of sp³-hybridized carbons (Fsp3) is 0.889. The molecule has 0 bridgehead atoms. The van der Waals surface area contributed by atoms with Crippen LogP contribution in [0.5, 0.6) is 0 Å². The van der Waals surface area contributed by atoms with Crippen LogP contribution in [0.15, 0.2) is 5.16 Å². The molecule has 0 amide bonds. The van der Waals surface area contributed by atoms with Crippen LogP contribution >= 0.6 is 0 Å². The molecule has 0 heterocycles. The van der Waals surface area contributed by atoms with Crippen molar-refractivity contribution in [2.45, 2.75) is 26.8 Å². The number of rotatable bonds is 7. The van der Waals surface area contributed by atoms with Crippen molar-refractivity contribution in [3.05, 3.63) is 0 Å². The van der Waals surface area contributed by atoms with Gasteiger partial charge in [-0.25, -0.2) is 0 Å². The van der Waals surface area contributed by atoms with Gasteiger partial charge in [-0.2, -0.15) is 0 Å². The van der Waals surface area contributed by atoms with Crippen molar-refractivity contribution in [2.75, 3.05) is 19.8 Å². The third kappa shape index (κ3) is 5.77. The van der Waals surface area contributed by atoms with E-state index in [9.17, 15) is 0 Å². The number of nitrogens with one attached hydrogen (secondary N) is 1. The summed E-state index contributed by atoms with van der Waals surface area (Å²) in [6.07, 6.45) is 0. The van der Waals surface area contributed by atoms with Gasteiger partial charge in [-0.15, -0.1) is 0 Å². The SMILES string of the molecule is CCOCC(C)NCC(C)C(N)=NO. The van der Waals surface area contributed by atoms with E-state index in [4.69, 9.17) is 15.7 Å². The van der Waals surface area contributed by atoms with Crippen LogP contribution in [0.25, 0.3) is 0 Å². The lowest BCUT2D eigenvalue weighted by Crippen LogP contribution is -2.38. The molecule has 14 heavy (non-hydrogen) atoms. The van der Waals surface area contributed by atoms with Gasteiger partial charge < -0.3 is 21.0 Å². The third-order valence-corrected chi connectivity index (χ3v) is 1.96. The predicted octanol–water partition coefficient (Wildman–Crippen LogP) is 0.384. The maximum atomic E-state index is 8.42. The van der Waals surface area contributed by atoms with Crippen molar-refractivity contribution in [3.63, 3.8) is 0 Å². The molecular formula is C9H21N3O2. The van der Waals surface area contributed by atoms with Gasteiger partial charge in [-0.3, -0.25) is 0 Å². The first kappa shape index (κ1) is 13.2. The number of nitrogens with zero attached hydrogens (tertiary/aromatic N) is 1. The number of oxime groups is 1. The summed E-state index contributed by atoms with van der Waals surface area (Å²) in [6.45, 7) is 7.99. The Bertz CT molecular complexity index is 173. The zero-order valence-corrected chi connectivity index (χ0v) is 9.16. The van der Waals surface area contributed by atoms with E-state index in [0.717, 1.165) is 6.61 Å². The minimum Gasteiger partial charge on any atom is -0.409 e. The van der Waals surface area contributed by atoms with Gasteiger partial charge in [-0.1, -0.05) is 12.1 Å². The average Bonchev–Trinajstić information content (AvgIpc) is 2.21. The maximum Gasteiger partial charge on any atom is 0.143 e. The topological polar surface area (TPSA) is 79.9 Å². The number of hydrogen-bond acceptors (Lipinski definition) is 4. The fourth-order valence-electron chi connectivity index (χ4n) is 0.935. The van der Waals surface area contributed by atoms with Crippen LogP contribution in [-0.4, -0.2) is 36.8 Å². The quantitative estimate of drug-likeness (QED) is 0.242. The molecule has 5 nitrogen and oxygen atoms in total. The highest BCUT2D eigenvalue weighted by Gasteiger charge is 2.09. The van der Waals surface area contributed by atoms with E-state index in [1.165, 1.54) is 0 Å². The van der Waals surface area contributed by atoms with Gasteiger partial charge in [-0.05, 0) is 13.8 Å². The molecule has 0 aromatic carbocycles. The molecule has 2 atom stereocenters. The minimum atomic E-state index is 0.0316. The predicted molar refractivity (Wildman–Crippen MR) is 56.5 cm³/mol. The molecule has 4 N–H and O–H groups in total. The highest BCUT2D eigenvalue weighted by Crippen LogP contribution is 1.93. The molecule has 0 spiro atoms. The van der Waals surface area contributed by atoms with Crippen molar-refractivity contribution < 1.29 is 9.94 Å². The molecule has 0 aromatic rings. The van der Waals surface area contributed by atoms with Crippen molar-refractivity contribution >= 4 is 5.84 Å². The summed E-state index contributed by atoms with van der Waals surface area (Å²) in [7, 11) is 0. The monoisotopic (exact) mass is 203 g/mol. The van der Waals surface area contributed by atoms with E-state index in [0.29, 0.717) is 13.2 Å². The standard InChI is InChI=1S/C9H21N3O2/c1-4-14-6-8(3)11-5-7(2)9(10)12-13/h7-8,11,13H,4-6H2,1-3H3,(H2,10,12). The van der Waals surface area contributed by atoms with Crippen molar-refractivity contribution in [3.8, 4) is 0 Å². The van der Waals surface area contributed by atoms with Crippen molar-refractivity contribution in [2.24, 2.45) is 16.8 Å². The molecular weight excluding hydrogens is 182 g/mol. The van der Waals surface area contributed by atoms with Gasteiger partial charge >= 0.3 is 0 Å². The molecule has 0 aliphatic carbocycles. The summed E-state index contributed by atoms with van der Waals surface area (Å²) in [5.41, 5.74) is 5.43. The van der Waals surface area contributed by atoms with Gasteiger partial charge in [0.15, 0.2) is 0 Å². The van der Waals surface area contributed by atoms with Gasteiger partial charge in [0.25, 0.3) is 0 Å². The number of nitrogens with two attached hydrogens (primary N) is 1. The van der Waals surface area contributed by atoms with E-state index in [-0.39, 0.29) is 17.8 Å². The second-order valence-corrected chi connectivity index (χ2v) is 3.39. The summed E-state index contributed by atoms with van der Waals surface area (Å²) < 4.78 is 5.24. The lowest BCUT2D eigenvalue weighted by molar-refractivity contribution is 0.127. The first-order valence-electron chi connectivity index (χ1n) is 4.90. The van der Waals surface area contributed by atoms with E-state index in [2.05, 4.69) is 10.5 Å². The van der Waals surface area contributed by atoms with Crippen LogP contribution in [0.4, 0.5) is 0 Å². The van der Waals surface area contributed by atoms with Gasteiger partial charge in [0.2, 0.25) is 0 Å². The van der Waals surface area contributed by atoms with E-state index in [1.54, 1.807) is 0 Å². The zero-order chi connectivity index (χ0) is 11.0. The molecule has 0 rings (SSSR count). The Kier molecular flexibility index (Phi) is 7.14. The summed E-state index contributed by atoms with van der Waals surface area (Å²) in [5.74, 6) is 0.283. The largest absolute Gasteiger partial charge is 0.409 e. The molecule has 0 aliphatic rings. The summed E-state index contributed by atoms with van der Waals surface area (Å²) in [4.78, 5) is 0. The molecule has 0 saturated carbocycles. The smallest absolute Gasteiger partial charge is 0.143 e. The maximum absolute atomic E-state index is 8.42. The van der Waals surface area contributed by atoms with Crippen LogP contribution in [0.1, 0.15) is 20.8 Å². The summed E-state index contributed by atoms with van der Waals surface area (Å²) >= 11 is 0. The van der Waals surface area contributed by atoms with E-state index in [1.807, 2.05) is 20.8 Å². The number of amidine groups is 1. The molecule has 0 fully saturated rings. The Morgan fingerprint density at radius 3 is 2.71 bits per heavy atom. The van der Waals surface area contributed by atoms with E-state index < -0.39 is 0 Å². The fourth-order valence-corrected chi connectivity index (χ4v) is 0.935. The first-order chi connectivity index (χ1) is 6.61.